The maximum absolute atomic E-state index is 5.43. The Morgan fingerprint density at radius 2 is 0.721 bits per heavy atom. The highest BCUT2D eigenvalue weighted by molar-refractivity contribution is 6.26. The largest absolute Gasteiger partial charge is 0.309 e. The van der Waals surface area contributed by atoms with Crippen molar-refractivity contribution < 1.29 is 0 Å². The van der Waals surface area contributed by atoms with Crippen LogP contribution in [0, 0.1) is 0 Å². The molecule has 0 saturated carbocycles. The summed E-state index contributed by atoms with van der Waals surface area (Å²) in [7, 11) is 0. The Kier molecular flexibility index (Phi) is 9.31. The molecule has 0 amide bonds. The van der Waals surface area contributed by atoms with Gasteiger partial charge in [0, 0.05) is 55.0 Å². The molecule has 4 heterocycles. The zero-order valence-corrected chi connectivity index (χ0v) is 36.5. The van der Waals surface area contributed by atoms with Crippen LogP contribution < -0.4 is 0 Å². The van der Waals surface area contributed by atoms with Crippen molar-refractivity contribution in [2.45, 2.75) is 0 Å². The third kappa shape index (κ3) is 6.62. The first-order chi connectivity index (χ1) is 33.7. The molecule has 0 unspecified atom stereocenters. The molecule has 9 aromatic carbocycles. The minimum atomic E-state index is 0.535. The van der Waals surface area contributed by atoms with Gasteiger partial charge < -0.3 is 4.57 Å². The quantitative estimate of drug-likeness (QED) is 0.151. The van der Waals surface area contributed by atoms with Crippen molar-refractivity contribution in [1.82, 2.24) is 39.0 Å². The number of nitrogens with zero attached hydrogens (tertiary/aromatic N) is 8. The van der Waals surface area contributed by atoms with E-state index in [0.29, 0.717) is 35.1 Å². The van der Waals surface area contributed by atoms with Gasteiger partial charge in [-0.15, -0.1) is 0 Å². The molecule has 0 saturated heterocycles. The van der Waals surface area contributed by atoms with Gasteiger partial charge in [0.2, 0.25) is 5.95 Å². The van der Waals surface area contributed by atoms with Gasteiger partial charge in [-0.25, -0.2) is 19.9 Å². The molecule has 0 spiro atoms. The SMILES string of the molecule is c1ccc(-c2nc(-c3ccccc3)nc(-c3cccc(-n4c5ccccc5c5c4ccc4c6ccccc6n(-c6nc(-c7ccccc7)nc(-c7ccccc7-c7ccccc7)n6)c45)c3)n2)cc1. The van der Waals surface area contributed by atoms with E-state index in [1.807, 2.05) is 91.0 Å². The smallest absolute Gasteiger partial charge is 0.238 e. The van der Waals surface area contributed by atoms with E-state index in [9.17, 15) is 0 Å². The molecule has 13 rings (SSSR count). The van der Waals surface area contributed by atoms with Crippen LogP contribution >= 0.6 is 0 Å². The van der Waals surface area contributed by atoms with Crippen LogP contribution in [0.25, 0.3) is 123 Å². The Morgan fingerprint density at radius 1 is 0.265 bits per heavy atom. The first-order valence-corrected chi connectivity index (χ1v) is 22.6. The summed E-state index contributed by atoms with van der Waals surface area (Å²) in [4.78, 5) is 31.1. The summed E-state index contributed by atoms with van der Waals surface area (Å²) >= 11 is 0. The van der Waals surface area contributed by atoms with Gasteiger partial charge >= 0.3 is 0 Å². The first kappa shape index (κ1) is 39.0. The average molecular weight is 871 g/mol. The third-order valence-electron chi connectivity index (χ3n) is 12.6. The molecule has 0 aliphatic carbocycles. The molecule has 0 N–H and O–H groups in total. The van der Waals surface area contributed by atoms with Gasteiger partial charge in [-0.2, -0.15) is 9.97 Å². The molecule has 0 aliphatic heterocycles. The van der Waals surface area contributed by atoms with E-state index < -0.39 is 0 Å². The number of fused-ring (bicyclic) bond motifs is 7. The molecular weight excluding hydrogens is 833 g/mol. The minimum Gasteiger partial charge on any atom is -0.309 e. The van der Waals surface area contributed by atoms with Crippen molar-refractivity contribution in [2.24, 2.45) is 0 Å². The fourth-order valence-electron chi connectivity index (χ4n) is 9.57. The highest BCUT2D eigenvalue weighted by Crippen LogP contribution is 2.42. The van der Waals surface area contributed by atoms with Crippen LogP contribution in [-0.4, -0.2) is 39.0 Å². The highest BCUT2D eigenvalue weighted by Gasteiger charge is 2.24. The van der Waals surface area contributed by atoms with Crippen LogP contribution in [0.1, 0.15) is 0 Å². The monoisotopic (exact) mass is 870 g/mol. The molecule has 0 atom stereocenters. The summed E-state index contributed by atoms with van der Waals surface area (Å²) in [6, 6.07) is 79.3. The topological polar surface area (TPSA) is 87.2 Å². The normalized spacial score (nSPS) is 11.5. The lowest BCUT2D eigenvalue weighted by Crippen LogP contribution is -2.07. The fraction of sp³-hybridized carbons (Fsp3) is 0. The summed E-state index contributed by atoms with van der Waals surface area (Å²) in [5.41, 5.74) is 11.8. The zero-order valence-electron chi connectivity index (χ0n) is 36.5. The van der Waals surface area contributed by atoms with Crippen LogP contribution in [0.15, 0.2) is 231 Å². The predicted octanol–water partition coefficient (Wildman–Crippen LogP) is 14.3. The summed E-state index contributed by atoms with van der Waals surface area (Å²) in [5.74, 6) is 3.55. The lowest BCUT2D eigenvalue weighted by atomic mass is 9.99. The maximum Gasteiger partial charge on any atom is 0.238 e. The van der Waals surface area contributed by atoms with Gasteiger partial charge in [-0.3, -0.25) is 4.57 Å². The number of rotatable bonds is 8. The van der Waals surface area contributed by atoms with Crippen molar-refractivity contribution in [3.63, 3.8) is 0 Å². The lowest BCUT2D eigenvalue weighted by Gasteiger charge is -2.14. The van der Waals surface area contributed by atoms with Crippen molar-refractivity contribution >= 4 is 43.6 Å². The van der Waals surface area contributed by atoms with E-state index in [-0.39, 0.29) is 0 Å². The third-order valence-corrected chi connectivity index (χ3v) is 12.6. The molecule has 0 fully saturated rings. The summed E-state index contributed by atoms with van der Waals surface area (Å²) in [6.45, 7) is 0. The molecule has 4 aromatic heterocycles. The van der Waals surface area contributed by atoms with E-state index in [0.717, 1.165) is 88.2 Å². The fourth-order valence-corrected chi connectivity index (χ4v) is 9.57. The number of aromatic nitrogens is 8. The Balaban J connectivity index is 1.06. The molecule has 8 nitrogen and oxygen atoms in total. The van der Waals surface area contributed by atoms with E-state index in [4.69, 9.17) is 29.9 Å². The van der Waals surface area contributed by atoms with Gasteiger partial charge in [0.25, 0.3) is 0 Å². The van der Waals surface area contributed by atoms with Crippen LogP contribution in [0.5, 0.6) is 0 Å². The van der Waals surface area contributed by atoms with E-state index in [2.05, 4.69) is 149 Å². The minimum absolute atomic E-state index is 0.535. The number of hydrogen-bond acceptors (Lipinski definition) is 6. The van der Waals surface area contributed by atoms with Gasteiger partial charge in [0.1, 0.15) is 0 Å². The van der Waals surface area contributed by atoms with Crippen LogP contribution in [0.2, 0.25) is 0 Å². The maximum atomic E-state index is 5.43. The number of hydrogen-bond donors (Lipinski definition) is 0. The number of para-hydroxylation sites is 2. The van der Waals surface area contributed by atoms with Gasteiger partial charge in [0.05, 0.1) is 22.1 Å². The van der Waals surface area contributed by atoms with Crippen LogP contribution in [0.3, 0.4) is 0 Å². The van der Waals surface area contributed by atoms with Gasteiger partial charge in [0.15, 0.2) is 29.1 Å². The van der Waals surface area contributed by atoms with Crippen LogP contribution in [0.4, 0.5) is 0 Å². The predicted molar refractivity (Wildman–Crippen MR) is 275 cm³/mol. The average Bonchev–Trinajstić information content (AvgIpc) is 3.95. The summed E-state index contributed by atoms with van der Waals surface area (Å²) in [6.07, 6.45) is 0. The Labute approximate surface area is 391 Å². The molecule has 0 radical (unpaired) electrons. The molecule has 0 aliphatic rings. The van der Waals surface area contributed by atoms with Crippen molar-refractivity contribution in [1.29, 1.82) is 0 Å². The molecule has 68 heavy (non-hydrogen) atoms. The standard InChI is InChI=1S/C60H38N8/c1-5-20-39(21-6-1)45-30-13-14-32-48(45)59-64-57(42-26-11-4-12-27-42)65-60(66-59)68-50-34-17-15-31-46(50)47-36-37-52-53(54(47)68)49-33-16-18-35-51(49)67(52)44-29-19-28-43(38-44)58-62-55(40-22-7-2-8-23-40)61-56(63-58)41-24-9-3-10-25-41/h1-38H. The molecule has 8 heteroatoms. The lowest BCUT2D eigenvalue weighted by molar-refractivity contribution is 0.955. The molecule has 0 bridgehead atoms. The summed E-state index contributed by atoms with van der Waals surface area (Å²) < 4.78 is 4.58. The van der Waals surface area contributed by atoms with E-state index in [1.165, 1.54) is 0 Å². The molecular formula is C60H38N8. The molecule has 318 valence electrons. The van der Waals surface area contributed by atoms with Gasteiger partial charge in [-0.1, -0.05) is 200 Å². The Morgan fingerprint density at radius 3 is 1.35 bits per heavy atom. The van der Waals surface area contributed by atoms with Crippen molar-refractivity contribution in [3.8, 4) is 79.7 Å². The van der Waals surface area contributed by atoms with Crippen molar-refractivity contribution in [2.75, 3.05) is 0 Å². The van der Waals surface area contributed by atoms with E-state index >= 15 is 0 Å². The summed E-state index contributed by atoms with van der Waals surface area (Å²) in [5, 5.41) is 4.40. The van der Waals surface area contributed by atoms with Crippen molar-refractivity contribution in [3.05, 3.63) is 231 Å². The Bertz CT molecular complexity index is 3960. The van der Waals surface area contributed by atoms with E-state index in [1.54, 1.807) is 0 Å². The highest BCUT2D eigenvalue weighted by atomic mass is 15.2. The number of benzene rings is 9. The van der Waals surface area contributed by atoms with Crippen LogP contribution in [-0.2, 0) is 0 Å². The zero-order chi connectivity index (χ0) is 45.0. The first-order valence-electron chi connectivity index (χ1n) is 22.6. The van der Waals surface area contributed by atoms with Gasteiger partial charge in [-0.05, 0) is 41.5 Å². The second-order valence-electron chi connectivity index (χ2n) is 16.7. The second-order valence-corrected chi connectivity index (χ2v) is 16.7. The second kappa shape index (κ2) is 16.2. The Hall–Kier alpha value is -9.40. The molecule has 13 aromatic rings.